The average Bonchev–Trinajstić information content (AvgIpc) is 3.06. The molecule has 1 amide bonds. The first-order chi connectivity index (χ1) is 13.1. The molecule has 10 heteroatoms. The van der Waals surface area contributed by atoms with Gasteiger partial charge >= 0.3 is 13.6 Å². The Labute approximate surface area is 166 Å². The second-order valence-electron chi connectivity index (χ2n) is 7.23. The summed E-state index contributed by atoms with van der Waals surface area (Å²) >= 11 is 0. The van der Waals surface area contributed by atoms with Crippen molar-refractivity contribution >= 4 is 19.5 Å². The molecule has 0 aromatic rings. The molecule has 2 aliphatic rings. The number of rotatable bonds is 9. The first-order valence-electron chi connectivity index (χ1n) is 9.76. The molecule has 0 saturated carbocycles. The van der Waals surface area contributed by atoms with Gasteiger partial charge in [-0.05, 0) is 34.6 Å². The van der Waals surface area contributed by atoms with Crippen LogP contribution in [0.15, 0.2) is 0 Å². The summed E-state index contributed by atoms with van der Waals surface area (Å²) in [4.78, 5) is 26.5. The number of ether oxygens (including phenoxy) is 3. The van der Waals surface area contributed by atoms with Gasteiger partial charge in [-0.2, -0.15) is 0 Å². The van der Waals surface area contributed by atoms with Crippen molar-refractivity contribution in [2.45, 2.75) is 77.6 Å². The summed E-state index contributed by atoms with van der Waals surface area (Å²) < 4.78 is 41.1. The van der Waals surface area contributed by atoms with Crippen LogP contribution in [0.25, 0.3) is 0 Å². The van der Waals surface area contributed by atoms with Gasteiger partial charge in [0.05, 0.1) is 38.6 Å². The number of fused-ring (bicyclic) bond motifs is 1. The van der Waals surface area contributed by atoms with Crippen molar-refractivity contribution in [1.82, 2.24) is 4.90 Å². The predicted octanol–water partition coefficient (Wildman–Crippen LogP) is 2.33. The Morgan fingerprint density at radius 2 is 1.79 bits per heavy atom. The first kappa shape index (κ1) is 23.3. The Morgan fingerprint density at radius 1 is 1.18 bits per heavy atom. The molecule has 28 heavy (non-hydrogen) atoms. The van der Waals surface area contributed by atoms with Crippen LogP contribution in [-0.4, -0.2) is 72.8 Å². The zero-order chi connectivity index (χ0) is 21.1. The summed E-state index contributed by atoms with van der Waals surface area (Å²) in [6, 6.07) is -0.388. The molecule has 0 spiro atoms. The molecule has 162 valence electrons. The van der Waals surface area contributed by atoms with Gasteiger partial charge in [0, 0.05) is 13.3 Å². The van der Waals surface area contributed by atoms with E-state index in [9.17, 15) is 14.2 Å². The smallest absolute Gasteiger partial charge is 0.344 e. The summed E-state index contributed by atoms with van der Waals surface area (Å²) in [5.74, 6) is -0.814. The highest BCUT2D eigenvalue weighted by Crippen LogP contribution is 2.56. The monoisotopic (exact) mass is 421 g/mol. The van der Waals surface area contributed by atoms with E-state index in [-0.39, 0.29) is 50.9 Å². The third-order valence-corrected chi connectivity index (χ3v) is 7.33. The van der Waals surface area contributed by atoms with Crippen LogP contribution in [0.5, 0.6) is 0 Å². The molecule has 2 saturated heterocycles. The number of amides is 1. The van der Waals surface area contributed by atoms with Crippen LogP contribution in [-0.2, 0) is 37.4 Å². The Bertz CT molecular complexity index is 615. The number of carbonyl (C=O) groups is 2. The topological polar surface area (TPSA) is 101 Å². The first-order valence-corrected chi connectivity index (χ1v) is 11.4. The molecule has 2 rings (SSSR count). The van der Waals surface area contributed by atoms with Crippen LogP contribution in [0.4, 0.5) is 0 Å². The van der Waals surface area contributed by atoms with E-state index in [1.54, 1.807) is 25.7 Å². The minimum absolute atomic E-state index is 0.0422. The maximum absolute atomic E-state index is 13.3. The number of hydrogen-bond acceptors (Lipinski definition) is 8. The molecule has 1 unspecified atom stereocenters. The summed E-state index contributed by atoms with van der Waals surface area (Å²) in [7, 11) is -3.78. The average molecular weight is 421 g/mol. The molecule has 9 nitrogen and oxygen atoms in total. The third-order valence-electron chi connectivity index (χ3n) is 4.91. The van der Waals surface area contributed by atoms with Gasteiger partial charge in [-0.1, -0.05) is 0 Å². The normalized spacial score (nSPS) is 27.5. The molecule has 0 aromatic carbocycles. The molecule has 2 aliphatic heterocycles. The second kappa shape index (κ2) is 9.22. The van der Waals surface area contributed by atoms with Crippen molar-refractivity contribution in [3.8, 4) is 0 Å². The van der Waals surface area contributed by atoms with Gasteiger partial charge in [-0.3, -0.25) is 14.2 Å². The van der Waals surface area contributed by atoms with E-state index in [2.05, 4.69) is 0 Å². The summed E-state index contributed by atoms with van der Waals surface area (Å²) in [6.07, 6.45) is -0.829. The zero-order valence-electron chi connectivity index (χ0n) is 17.5. The fourth-order valence-electron chi connectivity index (χ4n) is 4.06. The Hall–Kier alpha value is -0.990. The minimum Gasteiger partial charge on any atom is -0.465 e. The summed E-state index contributed by atoms with van der Waals surface area (Å²) in [5.41, 5.74) is -1.93. The van der Waals surface area contributed by atoms with Crippen molar-refractivity contribution in [2.24, 2.45) is 0 Å². The van der Waals surface area contributed by atoms with Gasteiger partial charge in [-0.25, -0.2) is 0 Å². The molecule has 0 radical (unpaired) electrons. The van der Waals surface area contributed by atoms with Crippen LogP contribution in [0.1, 0.15) is 48.0 Å². The van der Waals surface area contributed by atoms with E-state index in [1.807, 2.05) is 13.8 Å². The summed E-state index contributed by atoms with van der Waals surface area (Å²) in [6.45, 7) is 10.8. The lowest BCUT2D eigenvalue weighted by Crippen LogP contribution is -2.51. The third kappa shape index (κ3) is 4.60. The maximum atomic E-state index is 13.3. The highest BCUT2D eigenvalue weighted by Gasteiger charge is 2.57. The quantitative estimate of drug-likeness (QED) is 0.413. The van der Waals surface area contributed by atoms with E-state index in [0.717, 1.165) is 0 Å². The van der Waals surface area contributed by atoms with Gasteiger partial charge in [0.1, 0.15) is 11.8 Å². The molecular formula is C18H32NO8P. The zero-order valence-corrected chi connectivity index (χ0v) is 18.4. The van der Waals surface area contributed by atoms with Crippen molar-refractivity contribution in [3.63, 3.8) is 0 Å². The fraction of sp³-hybridized carbons (Fsp3) is 0.889. The second-order valence-corrected chi connectivity index (χ2v) is 9.45. The lowest BCUT2D eigenvalue weighted by molar-refractivity contribution is -0.152. The standard InChI is InChI=1S/C18H32NO8P/c1-7-23-17(21)15(28(22,25-8-2)26-9-3)10-13-16-14(11-24-13)27-18(5,6)19(16)12(4)20/h13-16H,7-11H2,1-6H3/t13-,14+,15?,16-/m1/s1. The Balaban J connectivity index is 2.32. The molecular weight excluding hydrogens is 389 g/mol. The van der Waals surface area contributed by atoms with Crippen molar-refractivity contribution in [1.29, 1.82) is 0 Å². The van der Waals surface area contributed by atoms with E-state index < -0.39 is 31.1 Å². The Kier molecular flexibility index (Phi) is 7.67. The molecule has 4 atom stereocenters. The SMILES string of the molecule is CCOC(=O)C(C[C@H]1OC[C@@H]2OC(C)(C)N(C(C)=O)[C@@H]21)P(=O)(OCC)OCC. The van der Waals surface area contributed by atoms with Gasteiger partial charge in [0.2, 0.25) is 5.91 Å². The molecule has 2 heterocycles. The van der Waals surface area contributed by atoms with Crippen molar-refractivity contribution in [2.75, 3.05) is 26.4 Å². The number of hydrogen-bond donors (Lipinski definition) is 0. The fourth-order valence-corrected chi connectivity index (χ4v) is 6.02. The van der Waals surface area contributed by atoms with Gasteiger partial charge in [0.15, 0.2) is 5.66 Å². The van der Waals surface area contributed by atoms with Gasteiger partial charge in [0.25, 0.3) is 0 Å². The number of nitrogens with zero attached hydrogens (tertiary/aromatic N) is 1. The lowest BCUT2D eigenvalue weighted by Gasteiger charge is -2.36. The van der Waals surface area contributed by atoms with E-state index >= 15 is 0 Å². The molecule has 2 fully saturated rings. The highest BCUT2D eigenvalue weighted by atomic mass is 31.2. The van der Waals surface area contributed by atoms with Gasteiger partial charge in [-0.15, -0.1) is 0 Å². The van der Waals surface area contributed by atoms with Crippen LogP contribution < -0.4 is 0 Å². The van der Waals surface area contributed by atoms with Crippen molar-refractivity contribution < 1.29 is 37.4 Å². The molecule has 0 bridgehead atoms. The highest BCUT2D eigenvalue weighted by molar-refractivity contribution is 7.55. The van der Waals surface area contributed by atoms with Crippen LogP contribution in [0.2, 0.25) is 0 Å². The number of carbonyl (C=O) groups excluding carboxylic acids is 2. The van der Waals surface area contributed by atoms with E-state index in [1.165, 1.54) is 6.92 Å². The molecule has 0 N–H and O–H groups in total. The minimum atomic E-state index is -3.78. The lowest BCUT2D eigenvalue weighted by atomic mass is 10.0. The summed E-state index contributed by atoms with van der Waals surface area (Å²) in [5, 5.41) is 0. The number of esters is 1. The van der Waals surface area contributed by atoms with Crippen molar-refractivity contribution in [3.05, 3.63) is 0 Å². The van der Waals surface area contributed by atoms with E-state index in [4.69, 9.17) is 23.3 Å². The largest absolute Gasteiger partial charge is 0.465 e. The van der Waals surface area contributed by atoms with Crippen LogP contribution >= 0.6 is 7.60 Å². The predicted molar refractivity (Wildman–Crippen MR) is 101 cm³/mol. The van der Waals surface area contributed by atoms with Gasteiger partial charge < -0.3 is 28.2 Å². The molecule has 0 aliphatic carbocycles. The van der Waals surface area contributed by atoms with E-state index in [0.29, 0.717) is 0 Å². The van der Waals surface area contributed by atoms with Crippen LogP contribution in [0, 0.1) is 0 Å². The maximum Gasteiger partial charge on any atom is 0.344 e. The molecule has 0 aromatic heterocycles. The van der Waals surface area contributed by atoms with Crippen LogP contribution in [0.3, 0.4) is 0 Å². The Morgan fingerprint density at radius 3 is 2.29 bits per heavy atom.